The monoisotopic (exact) mass is 393 g/mol. The molecule has 5 nitrogen and oxygen atoms in total. The minimum absolute atomic E-state index is 0.193. The van der Waals surface area contributed by atoms with Crippen LogP contribution < -0.4 is 9.47 Å². The molecule has 0 unspecified atom stereocenters. The largest absolute Gasteiger partial charge is 0.491 e. The van der Waals surface area contributed by atoms with Crippen molar-refractivity contribution in [3.05, 3.63) is 59.7 Å². The average Bonchev–Trinajstić information content (AvgIpc) is 2.96. The molecule has 0 aromatic heterocycles. The zero-order valence-electron chi connectivity index (χ0n) is 15.9. The Morgan fingerprint density at radius 2 is 1.71 bits per heavy atom. The van der Waals surface area contributed by atoms with Gasteiger partial charge in [-0.2, -0.15) is 0 Å². The maximum atomic E-state index is 13.3. The van der Waals surface area contributed by atoms with E-state index in [9.17, 15) is 19.0 Å². The number of aliphatic hydroxyl groups is 2. The van der Waals surface area contributed by atoms with Crippen molar-refractivity contribution in [3.8, 4) is 11.5 Å². The van der Waals surface area contributed by atoms with Gasteiger partial charge in [0.1, 0.15) is 30.3 Å². The van der Waals surface area contributed by atoms with Crippen LogP contribution in [0.3, 0.4) is 0 Å². The standard InChI is InChI=1S/C21H25F2NO4/c1-21(2,26)13-27-15-5-3-14(4-6-15)10-24-11-19(25)20(12-24)28-16-7-8-17(22)18(23)9-16/h3-9,19-20,25-26H,10-13H2,1-2H3/t19-,20-/m0/s1. The van der Waals surface area contributed by atoms with E-state index in [2.05, 4.69) is 0 Å². The second-order valence-electron chi connectivity index (χ2n) is 7.74. The molecule has 1 aliphatic heterocycles. The van der Waals surface area contributed by atoms with Gasteiger partial charge >= 0.3 is 0 Å². The van der Waals surface area contributed by atoms with Crippen LogP contribution in [0.4, 0.5) is 8.78 Å². The van der Waals surface area contributed by atoms with E-state index in [0.29, 0.717) is 25.4 Å². The number of hydrogen-bond donors (Lipinski definition) is 2. The summed E-state index contributed by atoms with van der Waals surface area (Å²) in [5, 5.41) is 19.9. The molecule has 7 heteroatoms. The molecule has 0 bridgehead atoms. The molecule has 2 aromatic rings. The van der Waals surface area contributed by atoms with Gasteiger partial charge in [-0.1, -0.05) is 12.1 Å². The van der Waals surface area contributed by atoms with E-state index in [1.165, 1.54) is 6.07 Å². The molecule has 1 saturated heterocycles. The van der Waals surface area contributed by atoms with Crippen molar-refractivity contribution in [2.45, 2.75) is 38.2 Å². The van der Waals surface area contributed by atoms with Crippen LogP contribution in [0.2, 0.25) is 0 Å². The van der Waals surface area contributed by atoms with Crippen molar-refractivity contribution in [2.24, 2.45) is 0 Å². The van der Waals surface area contributed by atoms with Crippen LogP contribution in [0.15, 0.2) is 42.5 Å². The third-order valence-electron chi connectivity index (χ3n) is 4.41. The summed E-state index contributed by atoms with van der Waals surface area (Å²) in [5.74, 6) is -1.05. The highest BCUT2D eigenvalue weighted by Gasteiger charge is 2.33. The molecule has 152 valence electrons. The first-order valence-corrected chi connectivity index (χ1v) is 9.16. The van der Waals surface area contributed by atoms with E-state index in [1.54, 1.807) is 13.8 Å². The second-order valence-corrected chi connectivity index (χ2v) is 7.74. The van der Waals surface area contributed by atoms with E-state index in [0.717, 1.165) is 17.7 Å². The SMILES string of the molecule is CC(C)(O)COc1ccc(CN2C[C@H](Oc3ccc(F)c(F)c3)[C@@H](O)C2)cc1. The number of hydrogen-bond acceptors (Lipinski definition) is 5. The maximum absolute atomic E-state index is 13.3. The Hall–Kier alpha value is -2.22. The van der Waals surface area contributed by atoms with Gasteiger partial charge in [0.25, 0.3) is 0 Å². The Morgan fingerprint density at radius 3 is 2.36 bits per heavy atom. The number of ether oxygens (including phenoxy) is 2. The molecule has 0 amide bonds. The molecular formula is C21H25F2NO4. The topological polar surface area (TPSA) is 62.2 Å². The summed E-state index contributed by atoms with van der Waals surface area (Å²) >= 11 is 0. The van der Waals surface area contributed by atoms with Crippen LogP contribution in [0.5, 0.6) is 11.5 Å². The van der Waals surface area contributed by atoms with E-state index >= 15 is 0 Å². The minimum atomic E-state index is -0.978. The van der Waals surface area contributed by atoms with Gasteiger partial charge in [-0.05, 0) is 43.7 Å². The fraction of sp³-hybridized carbons (Fsp3) is 0.429. The lowest BCUT2D eigenvalue weighted by molar-refractivity contribution is 0.0285. The molecule has 3 rings (SSSR count). The minimum Gasteiger partial charge on any atom is -0.491 e. The van der Waals surface area contributed by atoms with Crippen LogP contribution in [-0.4, -0.2) is 52.6 Å². The molecule has 0 saturated carbocycles. The van der Waals surface area contributed by atoms with Crippen molar-refractivity contribution in [1.29, 1.82) is 0 Å². The lowest BCUT2D eigenvalue weighted by Gasteiger charge is -2.19. The highest BCUT2D eigenvalue weighted by molar-refractivity contribution is 5.28. The Labute approximate surface area is 163 Å². The van der Waals surface area contributed by atoms with Gasteiger partial charge < -0.3 is 19.7 Å². The van der Waals surface area contributed by atoms with Gasteiger partial charge in [-0.15, -0.1) is 0 Å². The predicted octanol–water partition coefficient (Wildman–Crippen LogP) is 2.74. The van der Waals surface area contributed by atoms with Crippen molar-refractivity contribution in [2.75, 3.05) is 19.7 Å². The molecule has 2 N–H and O–H groups in total. The Balaban J connectivity index is 1.53. The van der Waals surface area contributed by atoms with Gasteiger partial charge in [0.05, 0.1) is 5.60 Å². The molecule has 1 fully saturated rings. The smallest absolute Gasteiger partial charge is 0.162 e. The number of rotatable bonds is 7. The first-order chi connectivity index (χ1) is 13.2. The van der Waals surface area contributed by atoms with Gasteiger partial charge in [0.2, 0.25) is 0 Å². The third-order valence-corrected chi connectivity index (χ3v) is 4.41. The number of β-amino-alcohol motifs (C(OH)–C–C–N with tert-alkyl or cyclic N) is 1. The van der Waals surface area contributed by atoms with E-state index in [4.69, 9.17) is 9.47 Å². The highest BCUT2D eigenvalue weighted by Crippen LogP contribution is 2.23. The van der Waals surface area contributed by atoms with Gasteiger partial charge in [-0.25, -0.2) is 8.78 Å². The predicted molar refractivity (Wildman–Crippen MR) is 100 cm³/mol. The summed E-state index contributed by atoms with van der Waals surface area (Å²) in [5.41, 5.74) is 0.142. The van der Waals surface area contributed by atoms with Crippen LogP contribution in [0, 0.1) is 11.6 Å². The zero-order chi connectivity index (χ0) is 20.3. The molecule has 28 heavy (non-hydrogen) atoms. The van der Waals surface area contributed by atoms with Crippen molar-refractivity contribution in [3.63, 3.8) is 0 Å². The van der Waals surface area contributed by atoms with Gasteiger partial charge in [0.15, 0.2) is 11.6 Å². The summed E-state index contributed by atoms with van der Waals surface area (Å²) in [6, 6.07) is 10.9. The summed E-state index contributed by atoms with van der Waals surface area (Å²) < 4.78 is 37.5. The van der Waals surface area contributed by atoms with Crippen LogP contribution in [-0.2, 0) is 6.54 Å². The first-order valence-electron chi connectivity index (χ1n) is 9.16. The van der Waals surface area contributed by atoms with Crippen molar-refractivity contribution >= 4 is 0 Å². The summed E-state index contributed by atoms with van der Waals surface area (Å²) in [6.07, 6.45) is -1.23. The fourth-order valence-corrected chi connectivity index (χ4v) is 3.01. The third kappa shape index (κ3) is 5.64. The Morgan fingerprint density at radius 1 is 1.04 bits per heavy atom. The van der Waals surface area contributed by atoms with Crippen LogP contribution >= 0.6 is 0 Å². The molecule has 0 aliphatic carbocycles. The molecule has 1 aliphatic rings. The number of likely N-dealkylation sites (tertiary alicyclic amines) is 1. The molecule has 2 aromatic carbocycles. The van der Waals surface area contributed by atoms with Crippen LogP contribution in [0.1, 0.15) is 19.4 Å². The molecule has 0 radical (unpaired) electrons. The van der Waals surface area contributed by atoms with E-state index in [-0.39, 0.29) is 12.4 Å². The second kappa shape index (κ2) is 8.43. The highest BCUT2D eigenvalue weighted by atomic mass is 19.2. The maximum Gasteiger partial charge on any atom is 0.162 e. The molecule has 1 heterocycles. The van der Waals surface area contributed by atoms with Crippen molar-refractivity contribution in [1.82, 2.24) is 4.90 Å². The average molecular weight is 393 g/mol. The number of benzene rings is 2. The lowest BCUT2D eigenvalue weighted by atomic mass is 10.1. The van der Waals surface area contributed by atoms with E-state index in [1.807, 2.05) is 29.2 Å². The molecule has 0 spiro atoms. The fourth-order valence-electron chi connectivity index (χ4n) is 3.01. The summed E-state index contributed by atoms with van der Waals surface area (Å²) in [7, 11) is 0. The Kier molecular flexibility index (Phi) is 6.17. The van der Waals surface area contributed by atoms with Crippen molar-refractivity contribution < 1.29 is 28.5 Å². The Bertz CT molecular complexity index is 792. The van der Waals surface area contributed by atoms with E-state index < -0.39 is 29.4 Å². The molecule has 2 atom stereocenters. The zero-order valence-corrected chi connectivity index (χ0v) is 15.9. The summed E-state index contributed by atoms with van der Waals surface area (Å²) in [6.45, 7) is 5.06. The molecular weight excluding hydrogens is 368 g/mol. The number of aliphatic hydroxyl groups excluding tert-OH is 1. The number of halogens is 2. The quantitative estimate of drug-likeness (QED) is 0.758. The lowest BCUT2D eigenvalue weighted by Crippen LogP contribution is -2.30. The number of nitrogens with zero attached hydrogens (tertiary/aromatic N) is 1. The first kappa shape index (κ1) is 20.5. The summed E-state index contributed by atoms with van der Waals surface area (Å²) in [4.78, 5) is 2.03. The van der Waals surface area contributed by atoms with Crippen LogP contribution in [0.25, 0.3) is 0 Å². The van der Waals surface area contributed by atoms with Gasteiger partial charge in [-0.3, -0.25) is 4.90 Å². The van der Waals surface area contributed by atoms with Gasteiger partial charge in [0, 0.05) is 25.7 Å². The normalized spacial score (nSPS) is 20.4.